The van der Waals surface area contributed by atoms with Gasteiger partial charge in [-0.15, -0.1) is 0 Å². The molecule has 1 aromatic heterocycles. The Bertz CT molecular complexity index is 841. The van der Waals surface area contributed by atoms with Crippen molar-refractivity contribution in [3.05, 3.63) is 40.0 Å². The van der Waals surface area contributed by atoms with Crippen molar-refractivity contribution in [2.75, 3.05) is 29.6 Å². The number of aryl methyl sites for hydroxylation is 2. The van der Waals surface area contributed by atoms with Crippen LogP contribution < -0.4 is 20.9 Å². The molecule has 0 aliphatic heterocycles. The molecule has 0 saturated heterocycles. The first-order valence-electron chi connectivity index (χ1n) is 9.93. The first kappa shape index (κ1) is 21.4. The number of hydrogen-bond acceptors (Lipinski definition) is 5. The zero-order valence-corrected chi connectivity index (χ0v) is 19.0. The predicted molar refractivity (Wildman–Crippen MR) is 122 cm³/mol. The van der Waals surface area contributed by atoms with E-state index < -0.39 is 0 Å². The van der Waals surface area contributed by atoms with Gasteiger partial charge in [-0.2, -0.15) is 4.98 Å². The maximum Gasteiger partial charge on any atom is 0.319 e. The van der Waals surface area contributed by atoms with Crippen LogP contribution in [0.25, 0.3) is 0 Å². The van der Waals surface area contributed by atoms with E-state index in [1.165, 1.54) is 0 Å². The van der Waals surface area contributed by atoms with Crippen molar-refractivity contribution in [2.45, 2.75) is 51.6 Å². The highest BCUT2D eigenvalue weighted by atomic mass is 79.9. The summed E-state index contributed by atoms with van der Waals surface area (Å²) in [6.45, 7) is 4.00. The molecule has 0 unspecified atom stereocenters. The van der Waals surface area contributed by atoms with Crippen molar-refractivity contribution in [1.82, 2.24) is 15.3 Å². The first-order valence-corrected chi connectivity index (χ1v) is 10.7. The highest BCUT2D eigenvalue weighted by molar-refractivity contribution is 9.10. The monoisotopic (exact) mass is 460 g/mol. The normalized spacial score (nSPS) is 18.8. The fourth-order valence-corrected chi connectivity index (χ4v) is 4.36. The molecule has 1 fully saturated rings. The van der Waals surface area contributed by atoms with Gasteiger partial charge in [0.05, 0.1) is 0 Å². The van der Waals surface area contributed by atoms with Gasteiger partial charge >= 0.3 is 6.03 Å². The SMILES string of the molecule is Cc1cc(Br)cc(C)c1NC(=O)N[C@H]1CC[C@@H](Nc2nccc(N(C)C)n2)CC1. The Morgan fingerprint density at radius 2 is 1.72 bits per heavy atom. The molecule has 1 saturated carbocycles. The summed E-state index contributed by atoms with van der Waals surface area (Å²) in [6.07, 6.45) is 5.56. The van der Waals surface area contributed by atoms with Crippen molar-refractivity contribution in [3.8, 4) is 0 Å². The Morgan fingerprint density at radius 3 is 2.34 bits per heavy atom. The van der Waals surface area contributed by atoms with Crippen molar-refractivity contribution >= 4 is 39.4 Å². The summed E-state index contributed by atoms with van der Waals surface area (Å²) in [4.78, 5) is 23.3. The summed E-state index contributed by atoms with van der Waals surface area (Å²) in [6, 6.07) is 6.26. The lowest BCUT2D eigenvalue weighted by atomic mass is 9.91. The van der Waals surface area contributed by atoms with Gasteiger partial charge in [0.1, 0.15) is 5.82 Å². The molecule has 7 nitrogen and oxygen atoms in total. The van der Waals surface area contributed by atoms with Gasteiger partial charge in [0.15, 0.2) is 0 Å². The number of urea groups is 1. The van der Waals surface area contributed by atoms with Crippen LogP contribution in [0.4, 0.5) is 22.2 Å². The molecule has 1 aliphatic carbocycles. The number of benzene rings is 1. The molecule has 0 spiro atoms. The van der Waals surface area contributed by atoms with Gasteiger partial charge in [0, 0.05) is 42.5 Å². The Hall–Kier alpha value is -2.35. The maximum absolute atomic E-state index is 12.5. The largest absolute Gasteiger partial charge is 0.363 e. The van der Waals surface area contributed by atoms with Crippen LogP contribution in [-0.4, -0.2) is 42.2 Å². The van der Waals surface area contributed by atoms with Gasteiger partial charge < -0.3 is 20.9 Å². The van der Waals surface area contributed by atoms with E-state index in [0.29, 0.717) is 12.0 Å². The van der Waals surface area contributed by atoms with Gasteiger partial charge in [-0.05, 0) is 68.9 Å². The predicted octanol–water partition coefficient (Wildman–Crippen LogP) is 4.47. The minimum atomic E-state index is -0.142. The fraction of sp³-hybridized carbons (Fsp3) is 0.476. The highest BCUT2D eigenvalue weighted by Gasteiger charge is 2.23. The lowest BCUT2D eigenvalue weighted by Crippen LogP contribution is -2.42. The van der Waals surface area contributed by atoms with Crippen LogP contribution in [0.3, 0.4) is 0 Å². The average molecular weight is 461 g/mol. The van der Waals surface area contributed by atoms with Crippen LogP contribution in [0.1, 0.15) is 36.8 Å². The summed E-state index contributed by atoms with van der Waals surface area (Å²) in [5.41, 5.74) is 2.96. The summed E-state index contributed by atoms with van der Waals surface area (Å²) in [5.74, 6) is 1.54. The van der Waals surface area contributed by atoms with Crippen LogP contribution in [-0.2, 0) is 0 Å². The summed E-state index contributed by atoms with van der Waals surface area (Å²) >= 11 is 3.49. The summed E-state index contributed by atoms with van der Waals surface area (Å²) < 4.78 is 1.02. The van der Waals surface area contributed by atoms with E-state index in [9.17, 15) is 4.79 Å². The zero-order chi connectivity index (χ0) is 21.0. The number of nitrogens with zero attached hydrogens (tertiary/aromatic N) is 3. The van der Waals surface area contributed by atoms with E-state index in [0.717, 1.165) is 52.8 Å². The standard InChI is InChI=1S/C21H29BrN6O/c1-13-11-15(22)12-14(2)19(13)27-21(29)25-17-7-5-16(6-8-17)24-20-23-10-9-18(26-20)28(3)4/h9-12,16-17H,5-8H2,1-4H3,(H,23,24,26)(H2,25,27,29)/t16-,17+. The number of anilines is 3. The molecule has 0 radical (unpaired) electrons. The third kappa shape index (κ3) is 5.82. The molecule has 1 heterocycles. The molecular weight excluding hydrogens is 432 g/mol. The summed E-state index contributed by atoms with van der Waals surface area (Å²) in [5, 5.41) is 9.56. The first-order chi connectivity index (χ1) is 13.8. The number of halogens is 1. The van der Waals surface area contributed by atoms with Crippen LogP contribution in [0, 0.1) is 13.8 Å². The number of nitrogens with one attached hydrogen (secondary N) is 3. The van der Waals surface area contributed by atoms with Gasteiger partial charge in [-0.1, -0.05) is 15.9 Å². The average Bonchev–Trinajstić information content (AvgIpc) is 2.66. The molecule has 2 aromatic rings. The zero-order valence-electron chi connectivity index (χ0n) is 17.4. The van der Waals surface area contributed by atoms with E-state index in [1.807, 2.05) is 51.0 Å². The second-order valence-electron chi connectivity index (χ2n) is 7.84. The Labute approximate surface area is 180 Å². The number of aromatic nitrogens is 2. The highest BCUT2D eigenvalue weighted by Crippen LogP contribution is 2.26. The molecule has 1 aliphatic rings. The Balaban J connectivity index is 1.48. The van der Waals surface area contributed by atoms with E-state index in [4.69, 9.17) is 0 Å². The van der Waals surface area contributed by atoms with E-state index >= 15 is 0 Å². The molecule has 29 heavy (non-hydrogen) atoms. The molecular formula is C21H29BrN6O. The van der Waals surface area contributed by atoms with Crippen molar-refractivity contribution in [3.63, 3.8) is 0 Å². The summed E-state index contributed by atoms with van der Waals surface area (Å²) in [7, 11) is 3.93. The number of carbonyl (C=O) groups is 1. The van der Waals surface area contributed by atoms with Crippen molar-refractivity contribution in [1.29, 1.82) is 0 Å². The number of hydrogen-bond donors (Lipinski definition) is 3. The molecule has 156 valence electrons. The fourth-order valence-electron chi connectivity index (χ4n) is 3.68. The quantitative estimate of drug-likeness (QED) is 0.612. The van der Waals surface area contributed by atoms with Crippen molar-refractivity contribution < 1.29 is 4.79 Å². The Morgan fingerprint density at radius 1 is 1.10 bits per heavy atom. The third-order valence-corrected chi connectivity index (χ3v) is 5.69. The van der Waals surface area contributed by atoms with Gasteiger partial charge in [0.25, 0.3) is 0 Å². The van der Waals surface area contributed by atoms with Gasteiger partial charge in [0.2, 0.25) is 5.95 Å². The minimum Gasteiger partial charge on any atom is -0.363 e. The van der Waals surface area contributed by atoms with E-state index in [2.05, 4.69) is 41.8 Å². The Kier molecular flexibility index (Phi) is 6.95. The number of amides is 2. The topological polar surface area (TPSA) is 82.2 Å². The smallest absolute Gasteiger partial charge is 0.319 e. The minimum absolute atomic E-state index is 0.142. The second-order valence-corrected chi connectivity index (χ2v) is 8.75. The van der Waals surface area contributed by atoms with Crippen LogP contribution >= 0.6 is 15.9 Å². The van der Waals surface area contributed by atoms with Crippen LogP contribution in [0.15, 0.2) is 28.9 Å². The molecule has 1 aromatic carbocycles. The molecule has 3 N–H and O–H groups in total. The maximum atomic E-state index is 12.5. The molecule has 2 amide bonds. The van der Waals surface area contributed by atoms with E-state index in [1.54, 1.807) is 6.20 Å². The molecule has 3 rings (SSSR count). The molecule has 8 heteroatoms. The van der Waals surface area contributed by atoms with Gasteiger partial charge in [-0.25, -0.2) is 9.78 Å². The molecule has 0 bridgehead atoms. The lowest BCUT2D eigenvalue weighted by molar-refractivity contribution is 0.243. The number of rotatable bonds is 5. The third-order valence-electron chi connectivity index (χ3n) is 5.23. The number of carbonyl (C=O) groups excluding carboxylic acids is 1. The van der Waals surface area contributed by atoms with Crippen molar-refractivity contribution in [2.24, 2.45) is 0 Å². The van der Waals surface area contributed by atoms with Crippen LogP contribution in [0.5, 0.6) is 0 Å². The van der Waals surface area contributed by atoms with E-state index in [-0.39, 0.29) is 12.1 Å². The second kappa shape index (κ2) is 9.43. The lowest BCUT2D eigenvalue weighted by Gasteiger charge is -2.30. The molecule has 0 atom stereocenters. The van der Waals surface area contributed by atoms with Crippen LogP contribution in [0.2, 0.25) is 0 Å². The van der Waals surface area contributed by atoms with Gasteiger partial charge in [-0.3, -0.25) is 0 Å².